The average Bonchev–Trinajstić information content (AvgIpc) is 2.47. The smallest absolute Gasteiger partial charge is 0.224 e. The highest BCUT2D eigenvalue weighted by atomic mass is 32.2. The van der Waals surface area contributed by atoms with E-state index in [1.54, 1.807) is 6.20 Å². The zero-order valence-electron chi connectivity index (χ0n) is 12.3. The molecular formula is C14H21N3O3S. The lowest BCUT2D eigenvalue weighted by Gasteiger charge is -2.30. The van der Waals surface area contributed by atoms with Gasteiger partial charge in [0.25, 0.3) is 0 Å². The van der Waals surface area contributed by atoms with Gasteiger partial charge >= 0.3 is 0 Å². The van der Waals surface area contributed by atoms with Crippen molar-refractivity contribution in [2.45, 2.75) is 25.8 Å². The molecule has 1 aliphatic heterocycles. The fourth-order valence-corrected chi connectivity index (χ4v) is 3.41. The molecule has 1 fully saturated rings. The number of carbonyl (C=O) groups is 1. The van der Waals surface area contributed by atoms with Crippen molar-refractivity contribution >= 4 is 15.9 Å². The second kappa shape index (κ2) is 6.53. The van der Waals surface area contributed by atoms with E-state index in [0.29, 0.717) is 19.4 Å². The first-order valence-corrected chi connectivity index (χ1v) is 8.89. The van der Waals surface area contributed by atoms with Crippen LogP contribution in [0.3, 0.4) is 0 Å². The van der Waals surface area contributed by atoms with E-state index < -0.39 is 10.0 Å². The molecule has 0 bridgehead atoms. The van der Waals surface area contributed by atoms with Gasteiger partial charge in [0, 0.05) is 19.3 Å². The van der Waals surface area contributed by atoms with E-state index in [9.17, 15) is 13.2 Å². The number of carbonyl (C=O) groups excluding carboxylic acids is 1. The molecule has 0 saturated carbocycles. The van der Waals surface area contributed by atoms with Gasteiger partial charge in [-0.2, -0.15) is 0 Å². The van der Waals surface area contributed by atoms with Gasteiger partial charge in [-0.05, 0) is 31.9 Å². The molecule has 2 atom stereocenters. The van der Waals surface area contributed by atoms with Crippen molar-refractivity contribution in [1.82, 2.24) is 14.6 Å². The monoisotopic (exact) mass is 311 g/mol. The molecule has 0 aliphatic carbocycles. The number of nitrogens with zero attached hydrogens (tertiary/aromatic N) is 2. The number of sulfonamides is 1. The second-order valence-corrected chi connectivity index (χ2v) is 7.43. The number of piperidine rings is 1. The minimum Gasteiger partial charge on any atom is -0.348 e. The first-order chi connectivity index (χ1) is 9.88. The fraction of sp³-hybridized carbons (Fsp3) is 0.571. The van der Waals surface area contributed by atoms with Crippen LogP contribution in [0.4, 0.5) is 0 Å². The van der Waals surface area contributed by atoms with E-state index in [0.717, 1.165) is 5.69 Å². The molecule has 0 spiro atoms. The van der Waals surface area contributed by atoms with E-state index >= 15 is 0 Å². The van der Waals surface area contributed by atoms with Crippen molar-refractivity contribution in [3.63, 3.8) is 0 Å². The van der Waals surface area contributed by atoms with E-state index in [2.05, 4.69) is 10.3 Å². The van der Waals surface area contributed by atoms with Crippen LogP contribution >= 0.6 is 0 Å². The molecule has 1 aromatic heterocycles. The molecule has 1 saturated heterocycles. The topological polar surface area (TPSA) is 79.4 Å². The van der Waals surface area contributed by atoms with Crippen molar-refractivity contribution in [2.75, 3.05) is 19.3 Å². The Morgan fingerprint density at radius 2 is 2.24 bits per heavy atom. The summed E-state index contributed by atoms with van der Waals surface area (Å²) in [6, 6.07) is 5.36. The number of hydrogen-bond donors (Lipinski definition) is 1. The van der Waals surface area contributed by atoms with Crippen molar-refractivity contribution in [1.29, 1.82) is 0 Å². The van der Waals surface area contributed by atoms with Crippen molar-refractivity contribution in [2.24, 2.45) is 5.92 Å². The van der Waals surface area contributed by atoms with E-state index in [-0.39, 0.29) is 24.4 Å². The Morgan fingerprint density at radius 1 is 1.48 bits per heavy atom. The average molecular weight is 311 g/mol. The summed E-state index contributed by atoms with van der Waals surface area (Å²) in [5, 5.41) is 2.91. The maximum absolute atomic E-state index is 12.3. The molecule has 7 heteroatoms. The highest BCUT2D eigenvalue weighted by Gasteiger charge is 2.30. The summed E-state index contributed by atoms with van der Waals surface area (Å²) in [4.78, 5) is 16.5. The molecule has 116 valence electrons. The van der Waals surface area contributed by atoms with Gasteiger partial charge in [0.15, 0.2) is 0 Å². The number of nitrogens with one attached hydrogen (secondary N) is 1. The molecule has 21 heavy (non-hydrogen) atoms. The van der Waals surface area contributed by atoms with E-state index in [1.165, 1.54) is 10.6 Å². The van der Waals surface area contributed by atoms with Crippen LogP contribution in [0.25, 0.3) is 0 Å². The van der Waals surface area contributed by atoms with E-state index in [4.69, 9.17) is 0 Å². The quantitative estimate of drug-likeness (QED) is 0.897. The Hall–Kier alpha value is -1.47. The Kier molecular flexibility index (Phi) is 4.95. The van der Waals surface area contributed by atoms with Gasteiger partial charge in [-0.25, -0.2) is 12.7 Å². The number of hydrogen-bond acceptors (Lipinski definition) is 4. The van der Waals surface area contributed by atoms with Gasteiger partial charge in [0.05, 0.1) is 23.9 Å². The van der Waals surface area contributed by atoms with Crippen LogP contribution in [0.15, 0.2) is 24.4 Å². The Balaban J connectivity index is 1.97. The molecule has 1 aliphatic rings. The van der Waals surface area contributed by atoms with Crippen LogP contribution in [0.1, 0.15) is 31.5 Å². The Labute approximate surface area is 125 Å². The van der Waals surface area contributed by atoms with Gasteiger partial charge < -0.3 is 5.32 Å². The largest absolute Gasteiger partial charge is 0.348 e. The predicted octanol–water partition coefficient (Wildman–Crippen LogP) is 0.930. The number of rotatable bonds is 4. The zero-order valence-corrected chi connectivity index (χ0v) is 13.1. The molecule has 0 radical (unpaired) electrons. The Bertz CT molecular complexity index is 589. The fourth-order valence-electron chi connectivity index (χ4n) is 2.49. The first kappa shape index (κ1) is 15.9. The summed E-state index contributed by atoms with van der Waals surface area (Å²) in [7, 11) is -3.23. The molecule has 1 aromatic rings. The summed E-state index contributed by atoms with van der Waals surface area (Å²) in [5.74, 6) is -0.402. The molecule has 2 unspecified atom stereocenters. The van der Waals surface area contributed by atoms with Gasteiger partial charge in [0.1, 0.15) is 0 Å². The van der Waals surface area contributed by atoms with Crippen molar-refractivity contribution in [3.8, 4) is 0 Å². The van der Waals surface area contributed by atoms with Crippen LogP contribution in [0.5, 0.6) is 0 Å². The lowest BCUT2D eigenvalue weighted by Crippen LogP contribution is -2.45. The van der Waals surface area contributed by atoms with Gasteiger partial charge in [0.2, 0.25) is 15.9 Å². The molecule has 0 aromatic carbocycles. The minimum absolute atomic E-state index is 0.110. The highest BCUT2D eigenvalue weighted by molar-refractivity contribution is 7.88. The summed E-state index contributed by atoms with van der Waals surface area (Å²) >= 11 is 0. The lowest BCUT2D eigenvalue weighted by atomic mass is 9.98. The van der Waals surface area contributed by atoms with Crippen LogP contribution in [-0.2, 0) is 14.8 Å². The molecule has 6 nitrogen and oxygen atoms in total. The standard InChI is InChI=1S/C14H21N3O3S/c1-11(13-7-3-4-8-15-13)16-14(18)12-6-5-9-17(10-12)21(2,19)20/h3-4,7-8,11-12H,5-6,9-10H2,1-2H3,(H,16,18). The van der Waals surface area contributed by atoms with Crippen LogP contribution < -0.4 is 5.32 Å². The summed E-state index contributed by atoms with van der Waals surface area (Å²) in [6.07, 6.45) is 4.30. The maximum Gasteiger partial charge on any atom is 0.224 e. The van der Waals surface area contributed by atoms with Crippen molar-refractivity contribution < 1.29 is 13.2 Å². The zero-order chi connectivity index (χ0) is 15.5. The van der Waals surface area contributed by atoms with Crippen LogP contribution in [-0.4, -0.2) is 43.0 Å². The lowest BCUT2D eigenvalue weighted by molar-refractivity contribution is -0.126. The number of pyridine rings is 1. The number of aromatic nitrogens is 1. The second-order valence-electron chi connectivity index (χ2n) is 5.45. The summed E-state index contributed by atoms with van der Waals surface area (Å²) in [6.45, 7) is 2.63. The van der Waals surface area contributed by atoms with Gasteiger partial charge in [-0.1, -0.05) is 6.07 Å². The number of amides is 1. The van der Waals surface area contributed by atoms with Crippen LogP contribution in [0, 0.1) is 5.92 Å². The van der Waals surface area contributed by atoms with Gasteiger partial charge in [-0.15, -0.1) is 0 Å². The predicted molar refractivity (Wildman–Crippen MR) is 79.9 cm³/mol. The van der Waals surface area contributed by atoms with Crippen molar-refractivity contribution in [3.05, 3.63) is 30.1 Å². The molecule has 1 N–H and O–H groups in total. The summed E-state index contributed by atoms with van der Waals surface area (Å²) < 4.78 is 24.5. The third-order valence-electron chi connectivity index (χ3n) is 3.71. The molecular weight excluding hydrogens is 290 g/mol. The van der Waals surface area contributed by atoms with E-state index in [1.807, 2.05) is 25.1 Å². The first-order valence-electron chi connectivity index (χ1n) is 7.04. The maximum atomic E-state index is 12.3. The molecule has 1 amide bonds. The third kappa shape index (κ3) is 4.25. The highest BCUT2D eigenvalue weighted by Crippen LogP contribution is 2.20. The molecule has 2 heterocycles. The SMILES string of the molecule is CC(NC(=O)C1CCCN(S(C)(=O)=O)C1)c1ccccn1. The molecule has 2 rings (SSSR count). The summed E-state index contributed by atoms with van der Waals surface area (Å²) in [5.41, 5.74) is 0.793. The normalized spacial score (nSPS) is 21.7. The Morgan fingerprint density at radius 3 is 2.86 bits per heavy atom. The minimum atomic E-state index is -3.23. The van der Waals surface area contributed by atoms with Crippen LogP contribution in [0.2, 0.25) is 0 Å². The third-order valence-corrected chi connectivity index (χ3v) is 4.98. The van der Waals surface area contributed by atoms with Gasteiger partial charge in [-0.3, -0.25) is 9.78 Å².